The average molecular weight is 213 g/mol. The van der Waals surface area contributed by atoms with E-state index in [4.69, 9.17) is 16.3 Å². The van der Waals surface area contributed by atoms with Gasteiger partial charge in [-0.25, -0.2) is 9.97 Å². The second-order valence-electron chi connectivity index (χ2n) is 3.58. The van der Waals surface area contributed by atoms with E-state index in [9.17, 15) is 0 Å². The van der Waals surface area contributed by atoms with E-state index in [2.05, 4.69) is 9.97 Å². The number of rotatable bonds is 1. The van der Waals surface area contributed by atoms with Gasteiger partial charge in [-0.05, 0) is 25.8 Å². The van der Waals surface area contributed by atoms with E-state index < -0.39 is 0 Å². The van der Waals surface area contributed by atoms with Gasteiger partial charge in [-0.1, -0.05) is 11.6 Å². The van der Waals surface area contributed by atoms with Gasteiger partial charge in [0.05, 0.1) is 0 Å². The third-order valence-corrected chi connectivity index (χ3v) is 2.62. The largest absolute Gasteiger partial charge is 0.381 e. The fraction of sp³-hybridized carbons (Fsp3) is 0.600. The Morgan fingerprint density at radius 3 is 2.71 bits per heavy atom. The Morgan fingerprint density at radius 1 is 1.36 bits per heavy atom. The minimum atomic E-state index is 0.418. The van der Waals surface area contributed by atoms with Crippen molar-refractivity contribution in [3.05, 3.63) is 22.7 Å². The molecular formula is C10H13ClN2O. The highest BCUT2D eigenvalue weighted by Crippen LogP contribution is 2.24. The van der Waals surface area contributed by atoms with Gasteiger partial charge in [-0.15, -0.1) is 0 Å². The maximum atomic E-state index is 5.89. The van der Waals surface area contributed by atoms with E-state index >= 15 is 0 Å². The average Bonchev–Trinajstić information content (AvgIpc) is 2.18. The summed E-state index contributed by atoms with van der Waals surface area (Å²) in [5.74, 6) is 1.29. The molecule has 1 aromatic heterocycles. The Kier molecular flexibility index (Phi) is 2.99. The molecule has 2 rings (SSSR count). The third kappa shape index (κ3) is 2.22. The lowest BCUT2D eigenvalue weighted by Crippen LogP contribution is -2.16. The van der Waals surface area contributed by atoms with E-state index in [0.29, 0.717) is 11.1 Å². The molecule has 1 saturated heterocycles. The monoisotopic (exact) mass is 212 g/mol. The predicted octanol–water partition coefficient (Wildman–Crippen LogP) is 2.33. The highest BCUT2D eigenvalue weighted by atomic mass is 35.5. The molecule has 1 aliphatic heterocycles. The number of ether oxygens (including phenoxy) is 1. The number of hydrogen-bond donors (Lipinski definition) is 0. The highest BCUT2D eigenvalue weighted by molar-refractivity contribution is 6.29. The highest BCUT2D eigenvalue weighted by Gasteiger charge is 2.18. The molecule has 1 aliphatic rings. The number of aryl methyl sites for hydroxylation is 1. The molecule has 3 nitrogen and oxygen atoms in total. The summed E-state index contributed by atoms with van der Waals surface area (Å²) in [6, 6.07) is 1.78. The molecule has 0 radical (unpaired) electrons. The number of halogens is 1. The van der Waals surface area contributed by atoms with Crippen LogP contribution < -0.4 is 0 Å². The van der Waals surface area contributed by atoms with Gasteiger partial charge in [0, 0.05) is 24.8 Å². The Balaban J connectivity index is 2.21. The minimum Gasteiger partial charge on any atom is -0.381 e. The summed E-state index contributed by atoms with van der Waals surface area (Å²) in [5, 5.41) is 0.541. The van der Waals surface area contributed by atoms with E-state index in [-0.39, 0.29) is 0 Å². The minimum absolute atomic E-state index is 0.418. The summed E-state index contributed by atoms with van der Waals surface area (Å²) < 4.78 is 5.29. The maximum absolute atomic E-state index is 5.89. The molecule has 14 heavy (non-hydrogen) atoms. The van der Waals surface area contributed by atoms with E-state index in [1.807, 2.05) is 6.92 Å². The molecule has 0 bridgehead atoms. The van der Waals surface area contributed by atoms with Crippen molar-refractivity contribution >= 4 is 11.6 Å². The zero-order chi connectivity index (χ0) is 9.97. The van der Waals surface area contributed by atoms with Crippen LogP contribution in [0.25, 0.3) is 0 Å². The third-order valence-electron chi connectivity index (χ3n) is 2.43. The van der Waals surface area contributed by atoms with Crippen LogP contribution in [-0.2, 0) is 4.74 Å². The van der Waals surface area contributed by atoms with Gasteiger partial charge in [0.1, 0.15) is 11.0 Å². The van der Waals surface area contributed by atoms with Gasteiger partial charge in [-0.2, -0.15) is 0 Å². The molecule has 0 unspecified atom stereocenters. The van der Waals surface area contributed by atoms with Crippen LogP contribution in [0, 0.1) is 6.92 Å². The fourth-order valence-corrected chi connectivity index (χ4v) is 1.93. The summed E-state index contributed by atoms with van der Waals surface area (Å²) in [4.78, 5) is 8.66. The smallest absolute Gasteiger partial charge is 0.133 e. The van der Waals surface area contributed by atoms with Gasteiger partial charge in [0.25, 0.3) is 0 Å². The van der Waals surface area contributed by atoms with Crippen molar-refractivity contribution in [3.63, 3.8) is 0 Å². The van der Waals surface area contributed by atoms with Gasteiger partial charge >= 0.3 is 0 Å². The van der Waals surface area contributed by atoms with Crippen molar-refractivity contribution in [1.82, 2.24) is 9.97 Å². The molecule has 0 saturated carbocycles. The normalized spacial score (nSPS) is 18.4. The first-order valence-electron chi connectivity index (χ1n) is 4.84. The van der Waals surface area contributed by atoms with Gasteiger partial charge < -0.3 is 4.74 Å². The van der Waals surface area contributed by atoms with E-state index in [1.165, 1.54) is 0 Å². The maximum Gasteiger partial charge on any atom is 0.133 e. The van der Waals surface area contributed by atoms with Crippen LogP contribution in [0.4, 0.5) is 0 Å². The zero-order valence-electron chi connectivity index (χ0n) is 8.16. The Bertz CT molecular complexity index is 304. The van der Waals surface area contributed by atoms with Crippen molar-refractivity contribution in [3.8, 4) is 0 Å². The Labute approximate surface area is 88.5 Å². The zero-order valence-corrected chi connectivity index (χ0v) is 8.92. The van der Waals surface area contributed by atoms with Crippen LogP contribution in [0.5, 0.6) is 0 Å². The van der Waals surface area contributed by atoms with Gasteiger partial charge in [-0.3, -0.25) is 0 Å². The Morgan fingerprint density at radius 2 is 2.07 bits per heavy atom. The standard InChI is InChI=1S/C10H13ClN2O/c1-7-6-9(11)13-10(12-7)8-2-4-14-5-3-8/h6,8H,2-5H2,1H3. The fourth-order valence-electron chi connectivity index (χ4n) is 1.69. The first-order chi connectivity index (χ1) is 6.75. The van der Waals surface area contributed by atoms with Crippen molar-refractivity contribution in [2.45, 2.75) is 25.7 Å². The van der Waals surface area contributed by atoms with Crippen LogP contribution in [0.3, 0.4) is 0 Å². The van der Waals surface area contributed by atoms with Crippen LogP contribution in [-0.4, -0.2) is 23.2 Å². The molecule has 0 aromatic carbocycles. The molecule has 76 valence electrons. The predicted molar refractivity (Wildman–Crippen MR) is 54.6 cm³/mol. The Hall–Kier alpha value is -0.670. The summed E-state index contributed by atoms with van der Waals surface area (Å²) in [6.07, 6.45) is 2.00. The van der Waals surface area contributed by atoms with Crippen LogP contribution >= 0.6 is 11.6 Å². The molecule has 0 spiro atoms. The van der Waals surface area contributed by atoms with Crippen molar-refractivity contribution in [2.75, 3.05) is 13.2 Å². The second-order valence-corrected chi connectivity index (χ2v) is 3.96. The first kappa shape index (κ1) is 9.87. The SMILES string of the molecule is Cc1cc(Cl)nc(C2CCOCC2)n1. The quantitative estimate of drug-likeness (QED) is 0.671. The van der Waals surface area contributed by atoms with E-state index in [1.54, 1.807) is 6.07 Å². The molecule has 2 heterocycles. The molecular weight excluding hydrogens is 200 g/mol. The topological polar surface area (TPSA) is 35.0 Å². The van der Waals surface area contributed by atoms with Crippen molar-refractivity contribution in [1.29, 1.82) is 0 Å². The number of nitrogens with zero attached hydrogens (tertiary/aromatic N) is 2. The first-order valence-corrected chi connectivity index (χ1v) is 5.22. The summed E-state index contributed by atoms with van der Waals surface area (Å²) >= 11 is 5.89. The molecule has 0 atom stereocenters. The van der Waals surface area contributed by atoms with Crippen molar-refractivity contribution in [2.24, 2.45) is 0 Å². The molecule has 0 N–H and O–H groups in total. The lowest BCUT2D eigenvalue weighted by atomic mass is 9.99. The lowest BCUT2D eigenvalue weighted by Gasteiger charge is -2.20. The van der Waals surface area contributed by atoms with Gasteiger partial charge in [0.2, 0.25) is 0 Å². The van der Waals surface area contributed by atoms with Crippen molar-refractivity contribution < 1.29 is 4.74 Å². The molecule has 0 aliphatic carbocycles. The molecule has 4 heteroatoms. The van der Waals surface area contributed by atoms with Crippen LogP contribution in [0.2, 0.25) is 5.15 Å². The second kappa shape index (κ2) is 4.24. The molecule has 1 aromatic rings. The molecule has 0 amide bonds. The van der Waals surface area contributed by atoms with Crippen LogP contribution in [0.15, 0.2) is 6.07 Å². The van der Waals surface area contributed by atoms with E-state index in [0.717, 1.165) is 37.6 Å². The molecule has 1 fully saturated rings. The summed E-state index contributed by atoms with van der Waals surface area (Å²) in [7, 11) is 0. The van der Waals surface area contributed by atoms with Crippen LogP contribution in [0.1, 0.15) is 30.3 Å². The van der Waals surface area contributed by atoms with Gasteiger partial charge in [0.15, 0.2) is 0 Å². The summed E-state index contributed by atoms with van der Waals surface area (Å²) in [6.45, 7) is 3.55. The number of hydrogen-bond acceptors (Lipinski definition) is 3. The number of aromatic nitrogens is 2. The lowest BCUT2D eigenvalue weighted by molar-refractivity contribution is 0.0835. The summed E-state index contributed by atoms with van der Waals surface area (Å²) in [5.41, 5.74) is 0.937.